The second kappa shape index (κ2) is 6.66. The maximum Gasteiger partial charge on any atom is 0.349 e. The second-order valence-electron chi connectivity index (χ2n) is 8.56. The molecule has 1 aliphatic carbocycles. The highest BCUT2D eigenvalue weighted by atomic mass is 16.2. The number of aromatic amines is 1. The molecule has 0 radical (unpaired) electrons. The van der Waals surface area contributed by atoms with Crippen LogP contribution < -0.4 is 22.3 Å². The van der Waals surface area contributed by atoms with Crippen LogP contribution in [0, 0.1) is 13.8 Å². The van der Waals surface area contributed by atoms with Crippen molar-refractivity contribution < 1.29 is 4.79 Å². The average Bonchev–Trinajstić information content (AvgIpc) is 2.98. The Kier molecular flexibility index (Phi) is 4.15. The Balaban J connectivity index is 1.51. The van der Waals surface area contributed by atoms with Crippen LogP contribution in [0.3, 0.4) is 0 Å². The van der Waals surface area contributed by atoms with Crippen LogP contribution in [0.15, 0.2) is 39.9 Å². The number of amides is 1. The van der Waals surface area contributed by atoms with Crippen molar-refractivity contribution in [3.8, 4) is 5.69 Å². The molecule has 1 amide bonds. The summed E-state index contributed by atoms with van der Waals surface area (Å²) in [6.07, 6.45) is 3.61. The normalized spacial score (nSPS) is 16.1. The minimum absolute atomic E-state index is 0.126. The van der Waals surface area contributed by atoms with E-state index in [0.717, 1.165) is 57.4 Å². The van der Waals surface area contributed by atoms with Gasteiger partial charge >= 0.3 is 5.69 Å². The van der Waals surface area contributed by atoms with Crippen molar-refractivity contribution in [2.45, 2.75) is 44.9 Å². The van der Waals surface area contributed by atoms with Crippen LogP contribution in [0.1, 0.15) is 47.1 Å². The van der Waals surface area contributed by atoms with E-state index in [1.54, 1.807) is 0 Å². The quantitative estimate of drug-likeness (QED) is 0.602. The lowest BCUT2D eigenvalue weighted by molar-refractivity contribution is -0.123. The number of fused-ring (bicyclic) bond motifs is 2. The summed E-state index contributed by atoms with van der Waals surface area (Å²) in [5, 5.41) is 6.95. The molecule has 0 saturated heterocycles. The van der Waals surface area contributed by atoms with Crippen molar-refractivity contribution >= 4 is 17.4 Å². The Morgan fingerprint density at radius 1 is 1.10 bits per heavy atom. The molecule has 1 spiro atoms. The summed E-state index contributed by atoms with van der Waals surface area (Å²) in [7, 11) is 0. The summed E-state index contributed by atoms with van der Waals surface area (Å²) in [5.74, 6) is -0.133. The summed E-state index contributed by atoms with van der Waals surface area (Å²) in [6, 6.07) is 9.94. The van der Waals surface area contributed by atoms with Crippen LogP contribution in [-0.4, -0.2) is 20.7 Å². The second-order valence-corrected chi connectivity index (χ2v) is 8.56. The van der Waals surface area contributed by atoms with E-state index >= 15 is 0 Å². The van der Waals surface area contributed by atoms with Gasteiger partial charge in [0.15, 0.2) is 0 Å². The molecule has 2 aliphatic rings. The third-order valence-electron chi connectivity index (χ3n) is 6.65. The first-order valence-corrected chi connectivity index (χ1v) is 10.3. The lowest BCUT2D eigenvalue weighted by atomic mass is 9.65. The van der Waals surface area contributed by atoms with E-state index in [2.05, 4.69) is 27.5 Å². The third-order valence-corrected chi connectivity index (χ3v) is 6.65. The Labute approximate surface area is 178 Å². The van der Waals surface area contributed by atoms with E-state index in [-0.39, 0.29) is 17.1 Å². The van der Waals surface area contributed by atoms with Crippen molar-refractivity contribution in [1.82, 2.24) is 14.8 Å². The first-order chi connectivity index (χ1) is 14.8. The number of rotatable bonds is 3. The first kappa shape index (κ1) is 19.3. The van der Waals surface area contributed by atoms with Gasteiger partial charge in [-0.05, 0) is 79.1 Å². The smallest absolute Gasteiger partial charge is 0.349 e. The van der Waals surface area contributed by atoms with Crippen LogP contribution in [0.2, 0.25) is 0 Å². The molecule has 1 fully saturated rings. The summed E-state index contributed by atoms with van der Waals surface area (Å²) < 4.78 is 1.10. The van der Waals surface area contributed by atoms with Crippen LogP contribution in [-0.2, 0) is 16.6 Å². The number of aromatic nitrogens is 3. The van der Waals surface area contributed by atoms with Gasteiger partial charge in [0.2, 0.25) is 11.7 Å². The molecule has 8 nitrogen and oxygen atoms in total. The molecule has 2 aromatic carbocycles. The third kappa shape index (κ3) is 2.90. The maximum atomic E-state index is 12.5. The molecule has 158 valence electrons. The Hall–Kier alpha value is -3.68. The molecular formula is C23H23N5O3. The number of nitrogens with one attached hydrogen (secondary N) is 2. The Morgan fingerprint density at radius 2 is 1.81 bits per heavy atom. The Bertz CT molecular complexity index is 1340. The molecule has 8 heteroatoms. The molecule has 2 heterocycles. The standard InChI is InChI=1S/C23H23N5O3/c1-12-8-15(28-22(31)26-20(29)19(24)27-28)9-13(2)16(12)10-14-4-5-18-17(11-14)23(6-3-7-23)21(30)25-18/h4-5,8-9,11H,3,6-7,10H2,1-2H3,(H2,24,27)(H,25,30)(H,26,29,31). The van der Waals surface area contributed by atoms with Gasteiger partial charge in [-0.15, -0.1) is 5.10 Å². The van der Waals surface area contributed by atoms with Gasteiger partial charge in [0.25, 0.3) is 5.56 Å². The highest BCUT2D eigenvalue weighted by Crippen LogP contribution is 2.51. The number of hydrogen-bond donors (Lipinski definition) is 3. The van der Waals surface area contributed by atoms with Gasteiger partial charge in [0.1, 0.15) is 0 Å². The highest BCUT2D eigenvalue weighted by Gasteiger charge is 2.50. The molecule has 4 N–H and O–H groups in total. The number of carbonyl (C=O) groups is 1. The topological polar surface area (TPSA) is 123 Å². The molecule has 1 aliphatic heterocycles. The van der Waals surface area contributed by atoms with Gasteiger partial charge in [-0.3, -0.25) is 14.6 Å². The fraction of sp³-hybridized carbons (Fsp3) is 0.304. The number of nitrogens with two attached hydrogens (primary N) is 1. The SMILES string of the molecule is Cc1cc(-n2nc(N)c(=O)[nH]c2=O)cc(C)c1Cc1ccc2c(c1)C1(CCC1)C(=O)N2. The van der Waals surface area contributed by atoms with Gasteiger partial charge in [0, 0.05) is 5.69 Å². The number of carbonyl (C=O) groups excluding carboxylic acids is 1. The van der Waals surface area contributed by atoms with Crippen LogP contribution in [0.4, 0.5) is 11.5 Å². The van der Waals surface area contributed by atoms with E-state index in [0.29, 0.717) is 12.1 Å². The molecule has 5 rings (SSSR count). The molecule has 31 heavy (non-hydrogen) atoms. The van der Waals surface area contributed by atoms with Gasteiger partial charge in [-0.25, -0.2) is 4.79 Å². The Morgan fingerprint density at radius 3 is 2.45 bits per heavy atom. The van der Waals surface area contributed by atoms with E-state index in [9.17, 15) is 14.4 Å². The zero-order valence-corrected chi connectivity index (χ0v) is 17.4. The molecular weight excluding hydrogens is 394 g/mol. The molecule has 0 atom stereocenters. The number of benzene rings is 2. The van der Waals surface area contributed by atoms with E-state index in [1.165, 1.54) is 0 Å². The molecule has 1 aromatic heterocycles. The lowest BCUT2D eigenvalue weighted by Gasteiger charge is -2.36. The van der Waals surface area contributed by atoms with Crippen molar-refractivity contribution in [2.24, 2.45) is 0 Å². The first-order valence-electron chi connectivity index (χ1n) is 10.3. The number of nitrogen functional groups attached to an aromatic ring is 1. The lowest BCUT2D eigenvalue weighted by Crippen LogP contribution is -2.40. The zero-order chi connectivity index (χ0) is 21.9. The minimum atomic E-state index is -0.694. The van der Waals surface area contributed by atoms with Gasteiger partial charge in [-0.1, -0.05) is 18.6 Å². The number of H-pyrrole nitrogens is 1. The van der Waals surface area contributed by atoms with Crippen molar-refractivity contribution in [3.63, 3.8) is 0 Å². The number of aryl methyl sites for hydroxylation is 2. The summed E-state index contributed by atoms with van der Waals surface area (Å²) in [4.78, 5) is 38.3. The number of nitrogens with zero attached hydrogens (tertiary/aromatic N) is 2. The minimum Gasteiger partial charge on any atom is -0.378 e. The average molecular weight is 417 g/mol. The van der Waals surface area contributed by atoms with Gasteiger partial charge in [0.05, 0.1) is 11.1 Å². The van der Waals surface area contributed by atoms with Crippen molar-refractivity contribution in [1.29, 1.82) is 0 Å². The van der Waals surface area contributed by atoms with Crippen molar-refractivity contribution in [3.05, 3.63) is 79.0 Å². The molecule has 0 bridgehead atoms. The van der Waals surface area contributed by atoms with Crippen LogP contribution in [0.25, 0.3) is 5.69 Å². The van der Waals surface area contributed by atoms with E-state index in [1.807, 2.05) is 32.0 Å². The fourth-order valence-electron chi connectivity index (χ4n) is 4.76. The zero-order valence-electron chi connectivity index (χ0n) is 17.4. The van der Waals surface area contributed by atoms with Crippen LogP contribution >= 0.6 is 0 Å². The summed E-state index contributed by atoms with van der Waals surface area (Å²) in [6.45, 7) is 3.97. The van der Waals surface area contributed by atoms with Crippen molar-refractivity contribution in [2.75, 3.05) is 11.1 Å². The van der Waals surface area contributed by atoms with E-state index < -0.39 is 11.2 Å². The number of hydrogen-bond acceptors (Lipinski definition) is 5. The predicted molar refractivity (Wildman–Crippen MR) is 118 cm³/mol. The van der Waals surface area contributed by atoms with Gasteiger partial charge in [-0.2, -0.15) is 4.68 Å². The monoisotopic (exact) mass is 417 g/mol. The molecule has 1 saturated carbocycles. The molecule has 0 unspecified atom stereocenters. The van der Waals surface area contributed by atoms with Gasteiger partial charge < -0.3 is 11.1 Å². The predicted octanol–water partition coefficient (Wildman–Crippen LogP) is 2.08. The fourth-order valence-corrected chi connectivity index (χ4v) is 4.76. The number of anilines is 2. The highest BCUT2D eigenvalue weighted by molar-refractivity contribution is 6.07. The summed E-state index contributed by atoms with van der Waals surface area (Å²) in [5.41, 5.74) is 10.8. The largest absolute Gasteiger partial charge is 0.378 e. The maximum absolute atomic E-state index is 12.5. The van der Waals surface area contributed by atoms with E-state index in [4.69, 9.17) is 5.73 Å². The van der Waals surface area contributed by atoms with Crippen LogP contribution in [0.5, 0.6) is 0 Å². The molecule has 3 aromatic rings. The summed E-state index contributed by atoms with van der Waals surface area (Å²) >= 11 is 0.